The number of ether oxygens (including phenoxy) is 3. The van der Waals surface area contributed by atoms with Crippen LogP contribution in [0.5, 0.6) is 5.75 Å². The summed E-state index contributed by atoms with van der Waals surface area (Å²) >= 11 is 0. The van der Waals surface area contributed by atoms with E-state index >= 15 is 0 Å². The molecule has 1 aliphatic rings. The molecule has 0 saturated carbocycles. The molecule has 1 unspecified atom stereocenters. The first-order valence-electron chi connectivity index (χ1n) is 9.05. The average molecular weight is 365 g/mol. The van der Waals surface area contributed by atoms with Crippen molar-refractivity contribution in [1.29, 1.82) is 0 Å². The van der Waals surface area contributed by atoms with Crippen molar-refractivity contribution in [3.05, 3.63) is 29.8 Å². The van der Waals surface area contributed by atoms with Crippen LogP contribution in [0.4, 0.5) is 0 Å². The Morgan fingerprint density at radius 3 is 2.69 bits per heavy atom. The molecule has 1 aromatic carbocycles. The van der Waals surface area contributed by atoms with Gasteiger partial charge in [0.15, 0.2) is 5.96 Å². The molecule has 0 spiro atoms. The van der Waals surface area contributed by atoms with E-state index < -0.39 is 0 Å². The van der Waals surface area contributed by atoms with Crippen LogP contribution in [0, 0.1) is 5.41 Å². The van der Waals surface area contributed by atoms with Crippen LogP contribution in [0.1, 0.15) is 18.4 Å². The van der Waals surface area contributed by atoms with E-state index in [0.717, 1.165) is 43.3 Å². The lowest BCUT2D eigenvalue weighted by Crippen LogP contribution is -2.44. The predicted molar refractivity (Wildman–Crippen MR) is 102 cm³/mol. The van der Waals surface area contributed by atoms with Crippen LogP contribution < -0.4 is 15.4 Å². The van der Waals surface area contributed by atoms with Crippen LogP contribution in [0.2, 0.25) is 0 Å². The summed E-state index contributed by atoms with van der Waals surface area (Å²) in [6.07, 6.45) is 1.70. The number of methoxy groups -OCH3 is 1. The molecule has 7 nitrogen and oxygen atoms in total. The lowest BCUT2D eigenvalue weighted by molar-refractivity contribution is 0.127. The number of aliphatic imine (C=N–C) groups is 1. The molecule has 1 fully saturated rings. The van der Waals surface area contributed by atoms with Crippen molar-refractivity contribution in [2.45, 2.75) is 19.4 Å². The van der Waals surface area contributed by atoms with E-state index in [4.69, 9.17) is 14.2 Å². The maximum absolute atomic E-state index is 9.31. The van der Waals surface area contributed by atoms with E-state index in [1.807, 2.05) is 24.3 Å². The Labute approximate surface area is 155 Å². The van der Waals surface area contributed by atoms with Gasteiger partial charge in [-0.05, 0) is 30.5 Å². The first-order valence-corrected chi connectivity index (χ1v) is 9.05. The fourth-order valence-corrected chi connectivity index (χ4v) is 2.94. The lowest BCUT2D eigenvalue weighted by Gasteiger charge is -2.27. The SMILES string of the molecule is CN=C(NCc1ccc(OCCOC)cc1)NCC1(CCO)CCOC1. The molecule has 0 amide bonds. The number of rotatable bonds is 10. The molecule has 2 rings (SSSR count). The minimum atomic E-state index is -0.00639. The zero-order valence-electron chi connectivity index (χ0n) is 15.8. The number of hydrogen-bond acceptors (Lipinski definition) is 5. The van der Waals surface area contributed by atoms with Gasteiger partial charge in [-0.15, -0.1) is 0 Å². The number of guanidine groups is 1. The highest BCUT2D eigenvalue weighted by Gasteiger charge is 2.34. The highest BCUT2D eigenvalue weighted by Crippen LogP contribution is 2.31. The fraction of sp³-hybridized carbons (Fsp3) is 0.632. The van der Waals surface area contributed by atoms with Gasteiger partial charge in [0, 0.05) is 45.9 Å². The maximum atomic E-state index is 9.31. The molecule has 1 atom stereocenters. The van der Waals surface area contributed by atoms with Gasteiger partial charge < -0.3 is 30.0 Å². The maximum Gasteiger partial charge on any atom is 0.191 e. The molecule has 1 heterocycles. The Morgan fingerprint density at radius 2 is 2.08 bits per heavy atom. The van der Waals surface area contributed by atoms with Gasteiger partial charge in [0.1, 0.15) is 12.4 Å². The van der Waals surface area contributed by atoms with Crippen molar-refractivity contribution in [2.75, 3.05) is 53.7 Å². The Morgan fingerprint density at radius 1 is 1.27 bits per heavy atom. The molecule has 3 N–H and O–H groups in total. The summed E-state index contributed by atoms with van der Waals surface area (Å²) in [6, 6.07) is 7.96. The number of nitrogens with zero attached hydrogens (tertiary/aromatic N) is 1. The molecular weight excluding hydrogens is 334 g/mol. The van der Waals surface area contributed by atoms with E-state index in [1.165, 1.54) is 0 Å². The van der Waals surface area contributed by atoms with Crippen LogP contribution in [0.3, 0.4) is 0 Å². The first-order chi connectivity index (χ1) is 12.7. The second-order valence-corrected chi connectivity index (χ2v) is 6.54. The zero-order chi connectivity index (χ0) is 18.7. The number of hydrogen-bond donors (Lipinski definition) is 3. The Kier molecular flexibility index (Phi) is 8.67. The number of aliphatic hydroxyl groups is 1. The fourth-order valence-electron chi connectivity index (χ4n) is 2.94. The van der Waals surface area contributed by atoms with Crippen LogP contribution in [0.25, 0.3) is 0 Å². The molecule has 0 bridgehead atoms. The topological polar surface area (TPSA) is 84.3 Å². The highest BCUT2D eigenvalue weighted by atomic mass is 16.5. The third-order valence-electron chi connectivity index (χ3n) is 4.62. The molecule has 1 aromatic rings. The third kappa shape index (κ3) is 6.48. The summed E-state index contributed by atoms with van der Waals surface area (Å²) in [6.45, 7) is 4.14. The van der Waals surface area contributed by atoms with Crippen LogP contribution in [-0.4, -0.2) is 64.8 Å². The van der Waals surface area contributed by atoms with Gasteiger partial charge in [0.2, 0.25) is 0 Å². The second kappa shape index (κ2) is 11.0. The van der Waals surface area contributed by atoms with Gasteiger partial charge in [0.05, 0.1) is 13.2 Å². The molecule has 1 aliphatic heterocycles. The minimum absolute atomic E-state index is 0.00639. The summed E-state index contributed by atoms with van der Waals surface area (Å²) in [5.74, 6) is 1.58. The van der Waals surface area contributed by atoms with Gasteiger partial charge in [-0.3, -0.25) is 4.99 Å². The van der Waals surface area contributed by atoms with Crippen molar-refractivity contribution in [1.82, 2.24) is 10.6 Å². The summed E-state index contributed by atoms with van der Waals surface area (Å²) in [5.41, 5.74) is 1.13. The highest BCUT2D eigenvalue weighted by molar-refractivity contribution is 5.79. The summed E-state index contributed by atoms with van der Waals surface area (Å²) in [5, 5.41) is 16.0. The molecule has 7 heteroatoms. The monoisotopic (exact) mass is 365 g/mol. The largest absolute Gasteiger partial charge is 0.491 e. The normalized spacial score (nSPS) is 20.2. The molecule has 26 heavy (non-hydrogen) atoms. The van der Waals surface area contributed by atoms with E-state index in [-0.39, 0.29) is 12.0 Å². The standard InChI is InChI=1S/C19H31N3O4/c1-20-18(22-14-19(7-9-23)8-10-25-15-19)21-13-16-3-5-17(6-4-16)26-12-11-24-2/h3-6,23H,7-15H2,1-2H3,(H2,20,21,22). The van der Waals surface area contributed by atoms with Crippen molar-refractivity contribution >= 4 is 5.96 Å². The van der Waals surface area contributed by atoms with E-state index in [9.17, 15) is 5.11 Å². The predicted octanol–water partition coefficient (Wildman–Crippen LogP) is 1.17. The second-order valence-electron chi connectivity index (χ2n) is 6.54. The molecular formula is C19H31N3O4. The van der Waals surface area contributed by atoms with Crippen molar-refractivity contribution in [2.24, 2.45) is 10.4 Å². The quantitative estimate of drug-likeness (QED) is 0.328. The van der Waals surface area contributed by atoms with E-state index in [1.54, 1.807) is 14.2 Å². The van der Waals surface area contributed by atoms with Crippen molar-refractivity contribution in [3.8, 4) is 5.75 Å². The van der Waals surface area contributed by atoms with Gasteiger partial charge >= 0.3 is 0 Å². The average Bonchev–Trinajstić information content (AvgIpc) is 3.12. The Balaban J connectivity index is 1.77. The lowest BCUT2D eigenvalue weighted by atomic mass is 9.84. The smallest absolute Gasteiger partial charge is 0.191 e. The van der Waals surface area contributed by atoms with Crippen molar-refractivity contribution in [3.63, 3.8) is 0 Å². The minimum Gasteiger partial charge on any atom is -0.491 e. The Bertz CT molecular complexity index is 542. The van der Waals surface area contributed by atoms with Gasteiger partial charge in [-0.25, -0.2) is 0 Å². The van der Waals surface area contributed by atoms with Gasteiger partial charge in [0.25, 0.3) is 0 Å². The number of benzene rings is 1. The van der Waals surface area contributed by atoms with E-state index in [2.05, 4.69) is 15.6 Å². The molecule has 0 aromatic heterocycles. The van der Waals surface area contributed by atoms with Gasteiger partial charge in [-0.1, -0.05) is 12.1 Å². The van der Waals surface area contributed by atoms with Crippen LogP contribution in [0.15, 0.2) is 29.3 Å². The summed E-state index contributed by atoms with van der Waals surface area (Å²) in [4.78, 5) is 4.28. The summed E-state index contributed by atoms with van der Waals surface area (Å²) in [7, 11) is 3.41. The number of aliphatic hydroxyl groups excluding tert-OH is 1. The molecule has 1 saturated heterocycles. The molecule has 0 radical (unpaired) electrons. The Hall–Kier alpha value is -1.83. The molecule has 0 aliphatic carbocycles. The van der Waals surface area contributed by atoms with E-state index in [0.29, 0.717) is 26.4 Å². The third-order valence-corrected chi connectivity index (χ3v) is 4.62. The van der Waals surface area contributed by atoms with Crippen LogP contribution >= 0.6 is 0 Å². The number of nitrogens with one attached hydrogen (secondary N) is 2. The molecule has 146 valence electrons. The van der Waals surface area contributed by atoms with Crippen molar-refractivity contribution < 1.29 is 19.3 Å². The van der Waals surface area contributed by atoms with Gasteiger partial charge in [-0.2, -0.15) is 0 Å². The zero-order valence-corrected chi connectivity index (χ0v) is 15.8. The van der Waals surface area contributed by atoms with Crippen LogP contribution in [-0.2, 0) is 16.0 Å². The summed E-state index contributed by atoms with van der Waals surface area (Å²) < 4.78 is 16.1. The first kappa shape index (κ1) is 20.5.